The van der Waals surface area contributed by atoms with Crippen LogP contribution in [-0.2, 0) is 6.42 Å². The summed E-state index contributed by atoms with van der Waals surface area (Å²) < 4.78 is 11.2. The second-order valence-electron chi connectivity index (χ2n) is 6.62. The maximum atomic E-state index is 12.4. The molecular formula is C24H23N5O3. The summed E-state index contributed by atoms with van der Waals surface area (Å²) in [5.74, 6) is 1.38. The minimum atomic E-state index is -0.546. The van der Waals surface area contributed by atoms with E-state index < -0.39 is 5.56 Å². The molecule has 0 unspecified atom stereocenters. The monoisotopic (exact) mass is 429 g/mol. The van der Waals surface area contributed by atoms with Crippen LogP contribution < -0.4 is 20.5 Å². The zero-order valence-electron chi connectivity index (χ0n) is 17.9. The van der Waals surface area contributed by atoms with E-state index in [2.05, 4.69) is 27.1 Å². The predicted molar refractivity (Wildman–Crippen MR) is 124 cm³/mol. The normalized spacial score (nSPS) is 10.5. The standard InChI is InChI=1S/C24H23N5O3/c1-4-9-18-12-16(13-20(32-5-2)22(18)31-3)15-26-29-24-27-21(17-10-7-6-8-11-17)19(14-25)23(30)28-24/h4,6-8,10-13,15H,1,5,9H2,2-3H3,(H2,27,28,29,30). The summed E-state index contributed by atoms with van der Waals surface area (Å²) in [6, 6.07) is 14.7. The van der Waals surface area contributed by atoms with Crippen LogP contribution in [0.3, 0.4) is 0 Å². The summed E-state index contributed by atoms with van der Waals surface area (Å²) in [4.78, 5) is 19.3. The van der Waals surface area contributed by atoms with Crippen molar-refractivity contribution >= 4 is 12.2 Å². The Morgan fingerprint density at radius 1 is 1.31 bits per heavy atom. The van der Waals surface area contributed by atoms with Gasteiger partial charge in [-0.25, -0.2) is 10.4 Å². The highest BCUT2D eigenvalue weighted by Crippen LogP contribution is 2.33. The van der Waals surface area contributed by atoms with Crippen molar-refractivity contribution < 1.29 is 9.47 Å². The van der Waals surface area contributed by atoms with Gasteiger partial charge in [0.2, 0.25) is 5.95 Å². The van der Waals surface area contributed by atoms with Crippen molar-refractivity contribution in [2.75, 3.05) is 19.1 Å². The van der Waals surface area contributed by atoms with Crippen molar-refractivity contribution in [3.05, 3.63) is 82.2 Å². The SMILES string of the molecule is C=CCc1cc(C=NNc2nc(-c3ccccc3)c(C#N)c(=O)[nH]2)cc(OCC)c1OC. The van der Waals surface area contributed by atoms with Crippen LogP contribution >= 0.6 is 0 Å². The molecule has 2 aromatic carbocycles. The molecule has 0 saturated carbocycles. The van der Waals surface area contributed by atoms with E-state index >= 15 is 0 Å². The maximum absolute atomic E-state index is 12.4. The van der Waals surface area contributed by atoms with Gasteiger partial charge in [-0.1, -0.05) is 36.4 Å². The third-order valence-corrected chi connectivity index (χ3v) is 4.48. The van der Waals surface area contributed by atoms with Crippen molar-refractivity contribution in [3.8, 4) is 28.8 Å². The summed E-state index contributed by atoms with van der Waals surface area (Å²) >= 11 is 0. The molecule has 0 aliphatic heterocycles. The fraction of sp³-hybridized carbons (Fsp3) is 0.167. The molecule has 3 aromatic rings. The summed E-state index contributed by atoms with van der Waals surface area (Å²) in [6.07, 6.45) is 3.96. The van der Waals surface area contributed by atoms with Crippen molar-refractivity contribution in [2.45, 2.75) is 13.3 Å². The molecule has 0 bridgehead atoms. The minimum absolute atomic E-state index is 0.0590. The quantitative estimate of drug-likeness (QED) is 0.303. The van der Waals surface area contributed by atoms with Gasteiger partial charge in [-0.15, -0.1) is 6.58 Å². The van der Waals surface area contributed by atoms with Gasteiger partial charge in [0, 0.05) is 11.1 Å². The lowest BCUT2D eigenvalue weighted by atomic mass is 10.1. The van der Waals surface area contributed by atoms with Crippen molar-refractivity contribution in [1.29, 1.82) is 5.26 Å². The van der Waals surface area contributed by atoms with Gasteiger partial charge in [-0.3, -0.25) is 9.78 Å². The lowest BCUT2D eigenvalue weighted by Gasteiger charge is -2.14. The van der Waals surface area contributed by atoms with E-state index in [0.717, 1.165) is 11.1 Å². The van der Waals surface area contributed by atoms with E-state index in [1.54, 1.807) is 31.5 Å². The second kappa shape index (κ2) is 10.6. The van der Waals surface area contributed by atoms with Crippen molar-refractivity contribution in [3.63, 3.8) is 0 Å². The van der Waals surface area contributed by atoms with Crippen LogP contribution in [0.5, 0.6) is 11.5 Å². The first-order chi connectivity index (χ1) is 15.6. The zero-order valence-corrected chi connectivity index (χ0v) is 17.9. The van der Waals surface area contributed by atoms with Gasteiger partial charge in [0.15, 0.2) is 11.5 Å². The molecular weight excluding hydrogens is 406 g/mol. The number of rotatable bonds is 9. The Morgan fingerprint density at radius 3 is 2.75 bits per heavy atom. The van der Waals surface area contributed by atoms with E-state index in [9.17, 15) is 10.1 Å². The largest absolute Gasteiger partial charge is 0.493 e. The summed E-state index contributed by atoms with van der Waals surface area (Å²) in [6.45, 7) is 6.17. The van der Waals surface area contributed by atoms with Gasteiger partial charge in [0.05, 0.1) is 25.6 Å². The molecule has 0 atom stereocenters. The lowest BCUT2D eigenvalue weighted by Crippen LogP contribution is -2.16. The highest BCUT2D eigenvalue weighted by atomic mass is 16.5. The van der Waals surface area contributed by atoms with Crippen LogP contribution in [0, 0.1) is 11.3 Å². The Labute approximate surface area is 185 Å². The van der Waals surface area contributed by atoms with Crippen molar-refractivity contribution in [2.24, 2.45) is 5.10 Å². The Bertz CT molecular complexity index is 1230. The smallest absolute Gasteiger partial charge is 0.270 e. The fourth-order valence-electron chi connectivity index (χ4n) is 3.16. The van der Waals surface area contributed by atoms with E-state index in [1.165, 1.54) is 0 Å². The van der Waals surface area contributed by atoms with E-state index in [0.29, 0.717) is 30.1 Å². The van der Waals surface area contributed by atoms with Gasteiger partial charge in [0.25, 0.3) is 5.56 Å². The Hall–Kier alpha value is -4.38. The predicted octanol–water partition coefficient (Wildman–Crippen LogP) is 3.89. The number of nitrogens with one attached hydrogen (secondary N) is 2. The molecule has 8 nitrogen and oxygen atoms in total. The molecule has 0 saturated heterocycles. The second-order valence-corrected chi connectivity index (χ2v) is 6.62. The first-order valence-electron chi connectivity index (χ1n) is 9.94. The summed E-state index contributed by atoms with van der Waals surface area (Å²) in [5, 5.41) is 13.6. The first kappa shape index (κ1) is 22.3. The number of benzene rings is 2. The topological polar surface area (TPSA) is 112 Å². The average molecular weight is 429 g/mol. The number of aromatic nitrogens is 2. The Kier molecular flexibility index (Phi) is 7.38. The molecule has 2 N–H and O–H groups in total. The number of hydrazone groups is 1. The molecule has 0 radical (unpaired) electrons. The number of aromatic amines is 1. The van der Waals surface area contributed by atoms with E-state index in [-0.39, 0.29) is 17.2 Å². The molecule has 3 rings (SSSR count). The number of nitriles is 1. The molecule has 1 heterocycles. The first-order valence-corrected chi connectivity index (χ1v) is 9.94. The van der Waals surface area contributed by atoms with Crippen LogP contribution in [-0.4, -0.2) is 29.9 Å². The van der Waals surface area contributed by atoms with Gasteiger partial charge < -0.3 is 9.47 Å². The number of hydrogen-bond donors (Lipinski definition) is 2. The molecule has 0 amide bonds. The van der Waals surface area contributed by atoms with Gasteiger partial charge >= 0.3 is 0 Å². The van der Waals surface area contributed by atoms with E-state index in [4.69, 9.17) is 9.47 Å². The average Bonchev–Trinajstić information content (AvgIpc) is 2.80. The zero-order chi connectivity index (χ0) is 22.9. The van der Waals surface area contributed by atoms with Crippen LogP contribution in [0.2, 0.25) is 0 Å². The van der Waals surface area contributed by atoms with Crippen LogP contribution in [0.4, 0.5) is 5.95 Å². The molecule has 1 aromatic heterocycles. The van der Waals surface area contributed by atoms with Crippen LogP contribution in [0.1, 0.15) is 23.6 Å². The molecule has 0 fully saturated rings. The Morgan fingerprint density at radius 2 is 2.09 bits per heavy atom. The van der Waals surface area contributed by atoms with Crippen LogP contribution in [0.25, 0.3) is 11.3 Å². The third kappa shape index (κ3) is 5.02. The number of allylic oxidation sites excluding steroid dienone is 1. The third-order valence-electron chi connectivity index (χ3n) is 4.48. The van der Waals surface area contributed by atoms with Crippen LogP contribution in [0.15, 0.2) is 65.0 Å². The molecule has 0 aliphatic carbocycles. The number of H-pyrrole nitrogens is 1. The number of hydrogen-bond acceptors (Lipinski definition) is 7. The number of nitrogens with zero attached hydrogens (tertiary/aromatic N) is 3. The fourth-order valence-corrected chi connectivity index (χ4v) is 3.16. The molecule has 0 spiro atoms. The number of ether oxygens (including phenoxy) is 2. The maximum Gasteiger partial charge on any atom is 0.270 e. The molecule has 0 aliphatic rings. The van der Waals surface area contributed by atoms with Crippen molar-refractivity contribution in [1.82, 2.24) is 9.97 Å². The number of methoxy groups -OCH3 is 1. The summed E-state index contributed by atoms with van der Waals surface area (Å²) in [5.41, 5.74) is 4.74. The highest BCUT2D eigenvalue weighted by molar-refractivity contribution is 5.82. The van der Waals surface area contributed by atoms with E-state index in [1.807, 2.05) is 43.3 Å². The molecule has 32 heavy (non-hydrogen) atoms. The highest BCUT2D eigenvalue weighted by Gasteiger charge is 2.13. The summed E-state index contributed by atoms with van der Waals surface area (Å²) in [7, 11) is 1.59. The lowest BCUT2D eigenvalue weighted by molar-refractivity contribution is 0.309. The molecule has 8 heteroatoms. The van der Waals surface area contributed by atoms with Gasteiger partial charge in [0.1, 0.15) is 11.6 Å². The Balaban J connectivity index is 1.92. The molecule has 162 valence electrons. The van der Waals surface area contributed by atoms with Gasteiger partial charge in [-0.2, -0.15) is 10.4 Å². The number of anilines is 1. The minimum Gasteiger partial charge on any atom is -0.493 e. The van der Waals surface area contributed by atoms with Gasteiger partial charge in [-0.05, 0) is 31.0 Å².